The van der Waals surface area contributed by atoms with E-state index in [1.165, 1.54) is 0 Å². The lowest BCUT2D eigenvalue weighted by Crippen LogP contribution is -2.23. The second kappa shape index (κ2) is 8.00. The molecular weight excluding hydrogens is 238 g/mol. The van der Waals surface area contributed by atoms with Gasteiger partial charge in [-0.05, 0) is 36.8 Å². The van der Waals surface area contributed by atoms with Crippen molar-refractivity contribution < 1.29 is 5.11 Å². The number of pyridine rings is 1. The summed E-state index contributed by atoms with van der Waals surface area (Å²) in [5.74, 6) is 1.82. The van der Waals surface area contributed by atoms with Gasteiger partial charge in [0.05, 0.1) is 0 Å². The first kappa shape index (κ1) is 15.8. The fraction of sp³-hybridized carbons (Fsp3) is 0.667. The van der Waals surface area contributed by atoms with E-state index in [-0.39, 0.29) is 12.0 Å². The molecule has 19 heavy (non-hydrogen) atoms. The van der Waals surface area contributed by atoms with Crippen LogP contribution in [0.1, 0.15) is 40.0 Å². The van der Waals surface area contributed by atoms with Gasteiger partial charge in [-0.25, -0.2) is 4.98 Å². The first-order chi connectivity index (χ1) is 9.07. The van der Waals surface area contributed by atoms with Crippen molar-refractivity contribution in [2.75, 3.05) is 30.3 Å². The SMILES string of the molecule is CCCNc1cccc(NCC(C)(C)CCCO)n1. The van der Waals surface area contributed by atoms with Crippen LogP contribution in [0.25, 0.3) is 0 Å². The van der Waals surface area contributed by atoms with E-state index in [2.05, 4.69) is 36.4 Å². The molecule has 3 N–H and O–H groups in total. The molecule has 0 unspecified atom stereocenters. The molecule has 0 amide bonds. The third-order valence-corrected chi connectivity index (χ3v) is 3.06. The van der Waals surface area contributed by atoms with Crippen LogP contribution in [0.15, 0.2) is 18.2 Å². The summed E-state index contributed by atoms with van der Waals surface area (Å²) in [7, 11) is 0. The normalized spacial score (nSPS) is 11.4. The number of nitrogens with zero attached hydrogens (tertiary/aromatic N) is 1. The maximum Gasteiger partial charge on any atom is 0.128 e. The van der Waals surface area contributed by atoms with Gasteiger partial charge in [0.15, 0.2) is 0 Å². The van der Waals surface area contributed by atoms with Crippen LogP contribution in [0.2, 0.25) is 0 Å². The lowest BCUT2D eigenvalue weighted by Gasteiger charge is -2.25. The standard InChI is InChI=1S/C15H27N3O/c1-4-10-16-13-7-5-8-14(18-13)17-12-15(2,3)9-6-11-19/h5,7-8,19H,4,6,9-12H2,1-3H3,(H2,16,17,18). The Morgan fingerprint density at radius 2 is 1.89 bits per heavy atom. The molecule has 1 aromatic heterocycles. The van der Waals surface area contributed by atoms with Gasteiger partial charge in [0.25, 0.3) is 0 Å². The van der Waals surface area contributed by atoms with Crippen molar-refractivity contribution in [2.24, 2.45) is 5.41 Å². The average Bonchev–Trinajstić information content (AvgIpc) is 2.41. The summed E-state index contributed by atoms with van der Waals surface area (Å²) in [5.41, 5.74) is 0.164. The van der Waals surface area contributed by atoms with Gasteiger partial charge in [-0.3, -0.25) is 0 Å². The summed E-state index contributed by atoms with van der Waals surface area (Å²) in [4.78, 5) is 4.52. The average molecular weight is 265 g/mol. The Morgan fingerprint density at radius 3 is 2.53 bits per heavy atom. The van der Waals surface area contributed by atoms with Gasteiger partial charge in [-0.2, -0.15) is 0 Å². The molecule has 108 valence electrons. The van der Waals surface area contributed by atoms with Gasteiger partial charge in [-0.15, -0.1) is 0 Å². The van der Waals surface area contributed by atoms with E-state index < -0.39 is 0 Å². The van der Waals surface area contributed by atoms with E-state index in [4.69, 9.17) is 5.11 Å². The number of nitrogens with one attached hydrogen (secondary N) is 2. The summed E-state index contributed by atoms with van der Waals surface area (Å²) in [6.45, 7) is 8.61. The van der Waals surface area contributed by atoms with Crippen LogP contribution in [-0.4, -0.2) is 29.8 Å². The highest BCUT2D eigenvalue weighted by Gasteiger charge is 2.17. The third-order valence-electron chi connectivity index (χ3n) is 3.06. The zero-order chi connectivity index (χ0) is 14.1. The Kier molecular flexibility index (Phi) is 6.64. The van der Waals surface area contributed by atoms with Gasteiger partial charge in [-0.1, -0.05) is 26.8 Å². The molecular formula is C15H27N3O. The van der Waals surface area contributed by atoms with Crippen molar-refractivity contribution in [2.45, 2.75) is 40.0 Å². The van der Waals surface area contributed by atoms with Crippen molar-refractivity contribution in [3.05, 3.63) is 18.2 Å². The molecule has 0 aliphatic heterocycles. The van der Waals surface area contributed by atoms with E-state index in [9.17, 15) is 0 Å². The minimum atomic E-state index is 0.164. The number of aliphatic hydroxyl groups is 1. The molecule has 4 heteroatoms. The molecule has 0 radical (unpaired) electrons. The number of hydrogen-bond acceptors (Lipinski definition) is 4. The number of rotatable bonds is 9. The second-order valence-electron chi connectivity index (χ2n) is 5.68. The van der Waals surface area contributed by atoms with Crippen LogP contribution in [0, 0.1) is 5.41 Å². The van der Waals surface area contributed by atoms with Crippen LogP contribution >= 0.6 is 0 Å². The van der Waals surface area contributed by atoms with Crippen molar-refractivity contribution in [3.8, 4) is 0 Å². The van der Waals surface area contributed by atoms with Crippen molar-refractivity contribution in [1.82, 2.24) is 4.98 Å². The molecule has 0 aromatic carbocycles. The topological polar surface area (TPSA) is 57.2 Å². The molecule has 1 rings (SSSR count). The lowest BCUT2D eigenvalue weighted by atomic mass is 9.88. The molecule has 1 aromatic rings. The zero-order valence-corrected chi connectivity index (χ0v) is 12.4. The summed E-state index contributed by atoms with van der Waals surface area (Å²) in [5, 5.41) is 15.6. The number of hydrogen-bond donors (Lipinski definition) is 3. The van der Waals surface area contributed by atoms with E-state index in [0.29, 0.717) is 0 Å². The monoisotopic (exact) mass is 265 g/mol. The van der Waals surface area contributed by atoms with Gasteiger partial charge < -0.3 is 15.7 Å². The van der Waals surface area contributed by atoms with E-state index in [0.717, 1.165) is 44.0 Å². The Bertz CT molecular complexity index is 366. The van der Waals surface area contributed by atoms with Gasteiger partial charge in [0.2, 0.25) is 0 Å². The molecule has 0 saturated carbocycles. The molecule has 0 spiro atoms. The van der Waals surface area contributed by atoms with Gasteiger partial charge in [0, 0.05) is 19.7 Å². The Labute approximate surface area is 116 Å². The predicted octanol–water partition coefficient (Wildman–Crippen LogP) is 3.11. The maximum atomic E-state index is 8.89. The molecule has 1 heterocycles. The van der Waals surface area contributed by atoms with Gasteiger partial charge >= 0.3 is 0 Å². The molecule has 0 bridgehead atoms. The fourth-order valence-electron chi connectivity index (χ4n) is 1.86. The Hall–Kier alpha value is -1.29. The Balaban J connectivity index is 2.48. The van der Waals surface area contributed by atoms with Crippen LogP contribution in [0.3, 0.4) is 0 Å². The molecule has 4 nitrogen and oxygen atoms in total. The summed E-state index contributed by atoms with van der Waals surface area (Å²) in [6, 6.07) is 5.98. The highest BCUT2D eigenvalue weighted by molar-refractivity contribution is 5.45. The summed E-state index contributed by atoms with van der Waals surface area (Å²) < 4.78 is 0. The molecule has 0 fully saturated rings. The van der Waals surface area contributed by atoms with Crippen molar-refractivity contribution >= 4 is 11.6 Å². The second-order valence-corrected chi connectivity index (χ2v) is 5.68. The van der Waals surface area contributed by atoms with E-state index in [1.807, 2.05) is 18.2 Å². The van der Waals surface area contributed by atoms with Crippen LogP contribution in [-0.2, 0) is 0 Å². The minimum absolute atomic E-state index is 0.164. The minimum Gasteiger partial charge on any atom is -0.396 e. The molecule has 0 aliphatic carbocycles. The van der Waals surface area contributed by atoms with E-state index in [1.54, 1.807) is 0 Å². The van der Waals surface area contributed by atoms with Gasteiger partial charge in [0.1, 0.15) is 11.6 Å². The quantitative estimate of drug-likeness (QED) is 0.642. The number of aliphatic hydroxyl groups excluding tert-OH is 1. The van der Waals surface area contributed by atoms with Crippen LogP contribution in [0.5, 0.6) is 0 Å². The highest BCUT2D eigenvalue weighted by atomic mass is 16.2. The smallest absolute Gasteiger partial charge is 0.128 e. The first-order valence-corrected chi connectivity index (χ1v) is 7.13. The van der Waals surface area contributed by atoms with Crippen LogP contribution < -0.4 is 10.6 Å². The highest BCUT2D eigenvalue weighted by Crippen LogP contribution is 2.22. The molecule has 0 saturated heterocycles. The van der Waals surface area contributed by atoms with Crippen LogP contribution in [0.4, 0.5) is 11.6 Å². The number of anilines is 2. The largest absolute Gasteiger partial charge is 0.396 e. The summed E-state index contributed by atoms with van der Waals surface area (Å²) >= 11 is 0. The Morgan fingerprint density at radius 1 is 1.21 bits per heavy atom. The third kappa shape index (κ3) is 6.43. The molecule has 0 aliphatic rings. The molecule has 0 atom stereocenters. The van der Waals surface area contributed by atoms with Crippen molar-refractivity contribution in [1.29, 1.82) is 0 Å². The lowest BCUT2D eigenvalue weighted by molar-refractivity contribution is 0.248. The number of aromatic nitrogens is 1. The van der Waals surface area contributed by atoms with E-state index >= 15 is 0 Å². The predicted molar refractivity (Wildman–Crippen MR) is 81.6 cm³/mol. The zero-order valence-electron chi connectivity index (χ0n) is 12.4. The maximum absolute atomic E-state index is 8.89. The first-order valence-electron chi connectivity index (χ1n) is 7.13. The van der Waals surface area contributed by atoms with Crippen molar-refractivity contribution in [3.63, 3.8) is 0 Å². The summed E-state index contributed by atoms with van der Waals surface area (Å²) in [6.07, 6.45) is 2.94. The fourth-order valence-corrected chi connectivity index (χ4v) is 1.86.